The van der Waals surface area contributed by atoms with Crippen LogP contribution in [0.1, 0.15) is 19.8 Å². The number of hydrogen-bond acceptors (Lipinski definition) is 3. The predicted octanol–water partition coefficient (Wildman–Crippen LogP) is 0.557. The third kappa shape index (κ3) is 1.20. The van der Waals surface area contributed by atoms with Gasteiger partial charge < -0.3 is 10.1 Å². The number of nitrogens with zero attached hydrogens (tertiary/aromatic N) is 1. The molecule has 0 aromatic carbocycles. The maximum absolute atomic E-state index is 10.9. The number of rotatable bonds is 0. The van der Waals surface area contributed by atoms with Crippen molar-refractivity contribution in [3.05, 3.63) is 11.6 Å². The van der Waals surface area contributed by atoms with E-state index in [1.54, 1.807) is 0 Å². The molecular weight excluding hydrogens is 156 g/mol. The molecule has 0 saturated carbocycles. The Bertz CT molecular complexity index is 291. The Balaban J connectivity index is 2.28. The Kier molecular flexibility index (Phi) is 1.60. The van der Waals surface area contributed by atoms with Crippen molar-refractivity contribution in [2.24, 2.45) is 4.99 Å². The zero-order valence-corrected chi connectivity index (χ0v) is 6.89. The minimum absolute atomic E-state index is 0.118. The number of allylic oxidation sites excluding steroid dienone is 1. The van der Waals surface area contributed by atoms with Crippen molar-refractivity contribution in [2.75, 3.05) is 6.61 Å². The molecule has 1 amide bonds. The fourth-order valence-electron chi connectivity index (χ4n) is 1.28. The molecule has 4 nitrogen and oxygen atoms in total. The van der Waals surface area contributed by atoms with Crippen LogP contribution in [0.25, 0.3) is 0 Å². The number of amides is 1. The van der Waals surface area contributed by atoms with Gasteiger partial charge in [-0.25, -0.2) is 4.99 Å². The summed E-state index contributed by atoms with van der Waals surface area (Å²) >= 11 is 0. The molecule has 12 heavy (non-hydrogen) atoms. The average Bonchev–Trinajstić information content (AvgIpc) is 2.03. The van der Waals surface area contributed by atoms with Crippen molar-refractivity contribution in [3.63, 3.8) is 0 Å². The van der Waals surface area contributed by atoms with Crippen LogP contribution in [0, 0.1) is 0 Å². The Morgan fingerprint density at radius 2 is 2.33 bits per heavy atom. The summed E-state index contributed by atoms with van der Waals surface area (Å²) in [5.74, 6) is 1.31. The highest BCUT2D eigenvalue weighted by atomic mass is 16.5. The van der Waals surface area contributed by atoms with E-state index in [0.29, 0.717) is 5.82 Å². The standard InChI is InChI=1S/C8H10N2O2/c1-5-2-3-6-8(9-5)10-7(11)4-12-6/h2-4H2,1H3,(H,10,11). The van der Waals surface area contributed by atoms with Crippen molar-refractivity contribution >= 4 is 11.6 Å². The molecule has 0 saturated heterocycles. The SMILES string of the molecule is CC1=NC2=C(CC1)OCC(=O)N2. The highest BCUT2D eigenvalue weighted by molar-refractivity contribution is 5.86. The summed E-state index contributed by atoms with van der Waals surface area (Å²) in [7, 11) is 0. The molecule has 0 atom stereocenters. The van der Waals surface area contributed by atoms with E-state index in [0.717, 1.165) is 24.3 Å². The Hall–Kier alpha value is -1.32. The van der Waals surface area contributed by atoms with Gasteiger partial charge in [-0.2, -0.15) is 0 Å². The van der Waals surface area contributed by atoms with Crippen LogP contribution in [0.2, 0.25) is 0 Å². The Morgan fingerprint density at radius 1 is 1.50 bits per heavy atom. The van der Waals surface area contributed by atoms with Crippen molar-refractivity contribution in [1.29, 1.82) is 0 Å². The average molecular weight is 166 g/mol. The summed E-state index contributed by atoms with van der Waals surface area (Å²) in [6.45, 7) is 2.08. The quantitative estimate of drug-likeness (QED) is 0.571. The van der Waals surface area contributed by atoms with Crippen molar-refractivity contribution in [1.82, 2.24) is 5.32 Å². The summed E-state index contributed by atoms with van der Waals surface area (Å²) in [5, 5.41) is 2.68. The van der Waals surface area contributed by atoms with E-state index in [2.05, 4.69) is 10.3 Å². The first-order chi connectivity index (χ1) is 5.75. The predicted molar refractivity (Wildman–Crippen MR) is 43.5 cm³/mol. The number of nitrogens with one attached hydrogen (secondary N) is 1. The van der Waals surface area contributed by atoms with Crippen LogP contribution < -0.4 is 5.32 Å². The summed E-state index contributed by atoms with van der Waals surface area (Å²) in [5.41, 5.74) is 1.04. The third-order valence-electron chi connectivity index (χ3n) is 1.92. The first-order valence-electron chi connectivity index (χ1n) is 3.95. The monoisotopic (exact) mass is 166 g/mol. The van der Waals surface area contributed by atoms with Gasteiger partial charge in [-0.05, 0) is 13.3 Å². The van der Waals surface area contributed by atoms with Gasteiger partial charge in [0, 0.05) is 12.1 Å². The van der Waals surface area contributed by atoms with Crippen molar-refractivity contribution in [2.45, 2.75) is 19.8 Å². The normalized spacial score (nSPS) is 22.4. The number of hydrogen-bond donors (Lipinski definition) is 1. The van der Waals surface area contributed by atoms with Crippen LogP contribution in [-0.4, -0.2) is 18.2 Å². The van der Waals surface area contributed by atoms with E-state index in [4.69, 9.17) is 4.74 Å². The zero-order valence-electron chi connectivity index (χ0n) is 6.89. The second kappa shape index (κ2) is 2.62. The maximum atomic E-state index is 10.9. The van der Waals surface area contributed by atoms with Crippen LogP contribution in [0.3, 0.4) is 0 Å². The summed E-state index contributed by atoms with van der Waals surface area (Å²) in [6, 6.07) is 0. The van der Waals surface area contributed by atoms with Crippen molar-refractivity contribution < 1.29 is 9.53 Å². The van der Waals surface area contributed by atoms with Crippen LogP contribution >= 0.6 is 0 Å². The second-order valence-corrected chi connectivity index (χ2v) is 2.96. The van der Waals surface area contributed by atoms with Crippen molar-refractivity contribution in [3.8, 4) is 0 Å². The highest BCUT2D eigenvalue weighted by Gasteiger charge is 2.21. The van der Waals surface area contributed by atoms with Crippen LogP contribution in [0.15, 0.2) is 16.6 Å². The molecule has 2 heterocycles. The number of carbonyl (C=O) groups is 1. The van der Waals surface area contributed by atoms with E-state index in [9.17, 15) is 4.79 Å². The largest absolute Gasteiger partial charge is 0.484 e. The van der Waals surface area contributed by atoms with Gasteiger partial charge in [0.1, 0.15) is 5.76 Å². The lowest BCUT2D eigenvalue weighted by Gasteiger charge is -2.22. The first kappa shape index (κ1) is 7.34. The third-order valence-corrected chi connectivity index (χ3v) is 1.92. The van der Waals surface area contributed by atoms with Gasteiger partial charge in [0.05, 0.1) is 0 Å². The Morgan fingerprint density at radius 3 is 3.17 bits per heavy atom. The molecule has 4 heteroatoms. The molecule has 0 spiro atoms. The van der Waals surface area contributed by atoms with Gasteiger partial charge in [-0.1, -0.05) is 0 Å². The molecule has 0 aliphatic carbocycles. The minimum atomic E-state index is -0.118. The van der Waals surface area contributed by atoms with E-state index in [1.165, 1.54) is 0 Å². The summed E-state index contributed by atoms with van der Waals surface area (Å²) in [6.07, 6.45) is 1.78. The van der Waals surface area contributed by atoms with E-state index >= 15 is 0 Å². The maximum Gasteiger partial charge on any atom is 0.263 e. The van der Waals surface area contributed by atoms with E-state index in [1.807, 2.05) is 6.92 Å². The van der Waals surface area contributed by atoms with Crippen LogP contribution in [0.5, 0.6) is 0 Å². The van der Waals surface area contributed by atoms with Crippen LogP contribution in [-0.2, 0) is 9.53 Å². The number of carbonyl (C=O) groups excluding carboxylic acids is 1. The molecule has 2 aliphatic rings. The molecule has 0 bridgehead atoms. The van der Waals surface area contributed by atoms with Gasteiger partial charge in [0.25, 0.3) is 5.91 Å². The first-order valence-corrected chi connectivity index (χ1v) is 3.95. The van der Waals surface area contributed by atoms with Gasteiger partial charge in [-0.15, -0.1) is 0 Å². The topological polar surface area (TPSA) is 50.7 Å². The van der Waals surface area contributed by atoms with Gasteiger partial charge in [0.15, 0.2) is 12.4 Å². The van der Waals surface area contributed by atoms with Gasteiger partial charge in [-0.3, -0.25) is 4.79 Å². The van der Waals surface area contributed by atoms with Gasteiger partial charge >= 0.3 is 0 Å². The lowest BCUT2D eigenvalue weighted by Crippen LogP contribution is -2.34. The lowest BCUT2D eigenvalue weighted by molar-refractivity contribution is -0.125. The molecule has 0 aromatic rings. The molecule has 64 valence electrons. The molecule has 0 radical (unpaired) electrons. The Labute approximate surface area is 70.3 Å². The van der Waals surface area contributed by atoms with Crippen LogP contribution in [0.4, 0.5) is 0 Å². The smallest absolute Gasteiger partial charge is 0.263 e. The van der Waals surface area contributed by atoms with Gasteiger partial charge in [0.2, 0.25) is 0 Å². The lowest BCUT2D eigenvalue weighted by atomic mass is 10.1. The summed E-state index contributed by atoms with van der Waals surface area (Å²) < 4.78 is 5.20. The van der Waals surface area contributed by atoms with E-state index in [-0.39, 0.29) is 12.5 Å². The number of aliphatic imine (C=N–C) groups is 1. The molecule has 1 N–H and O–H groups in total. The van der Waals surface area contributed by atoms with E-state index < -0.39 is 0 Å². The number of ether oxygens (including phenoxy) is 1. The molecule has 0 aromatic heterocycles. The summed E-state index contributed by atoms with van der Waals surface area (Å²) in [4.78, 5) is 15.1. The zero-order chi connectivity index (χ0) is 8.55. The fourth-order valence-corrected chi connectivity index (χ4v) is 1.28. The second-order valence-electron chi connectivity index (χ2n) is 2.96. The fraction of sp³-hybridized carbons (Fsp3) is 0.500. The molecule has 2 aliphatic heterocycles. The molecule has 0 unspecified atom stereocenters. The minimum Gasteiger partial charge on any atom is -0.484 e. The highest BCUT2D eigenvalue weighted by Crippen LogP contribution is 2.20. The molecule has 2 rings (SSSR count). The molecular formula is C8H10N2O2. The molecule has 0 fully saturated rings.